The predicted octanol–water partition coefficient (Wildman–Crippen LogP) is 3.09. The molecule has 1 amide bonds. The van der Waals surface area contributed by atoms with Crippen molar-refractivity contribution < 1.29 is 4.79 Å². The first-order valence-electron chi connectivity index (χ1n) is 7.91. The number of nitrogens with zero attached hydrogens (tertiary/aromatic N) is 1. The Bertz CT molecular complexity index is 987. The van der Waals surface area contributed by atoms with Crippen molar-refractivity contribution in [2.45, 2.75) is 20.4 Å². The van der Waals surface area contributed by atoms with Crippen molar-refractivity contribution in [3.8, 4) is 0 Å². The number of hydrogen-bond acceptors (Lipinski definition) is 2. The zero-order valence-corrected chi connectivity index (χ0v) is 14.1. The van der Waals surface area contributed by atoms with Crippen LogP contribution in [0.4, 0.5) is 0 Å². The SMILES string of the molecule is Cc1cccc(C(=O)NCc2cc3ccccc3n(C)c2=O)c1C. The molecule has 0 radical (unpaired) electrons. The lowest BCUT2D eigenvalue weighted by Crippen LogP contribution is -2.29. The number of carbonyl (C=O) groups is 1. The molecular formula is C20H20N2O2. The quantitative estimate of drug-likeness (QED) is 0.806. The third kappa shape index (κ3) is 2.83. The first kappa shape index (κ1) is 16.0. The van der Waals surface area contributed by atoms with Crippen LogP contribution in [-0.4, -0.2) is 10.5 Å². The highest BCUT2D eigenvalue weighted by atomic mass is 16.2. The molecule has 3 rings (SSSR count). The summed E-state index contributed by atoms with van der Waals surface area (Å²) in [4.78, 5) is 24.9. The molecule has 0 fully saturated rings. The molecule has 4 nitrogen and oxygen atoms in total. The Labute approximate surface area is 140 Å². The van der Waals surface area contributed by atoms with Crippen LogP contribution < -0.4 is 10.9 Å². The third-order valence-corrected chi connectivity index (χ3v) is 4.50. The molecule has 0 aliphatic carbocycles. The highest BCUT2D eigenvalue weighted by Crippen LogP contribution is 2.14. The smallest absolute Gasteiger partial charge is 0.255 e. The first-order valence-corrected chi connectivity index (χ1v) is 7.91. The first-order chi connectivity index (χ1) is 11.5. The predicted molar refractivity (Wildman–Crippen MR) is 96.3 cm³/mol. The number of fused-ring (bicyclic) bond motifs is 1. The molecule has 3 aromatic rings. The van der Waals surface area contributed by atoms with Crippen LogP contribution >= 0.6 is 0 Å². The number of aromatic nitrogens is 1. The average Bonchev–Trinajstić information content (AvgIpc) is 2.59. The van der Waals surface area contributed by atoms with Crippen molar-refractivity contribution in [1.82, 2.24) is 9.88 Å². The number of amides is 1. The van der Waals surface area contributed by atoms with Gasteiger partial charge in [0.15, 0.2) is 0 Å². The van der Waals surface area contributed by atoms with Crippen molar-refractivity contribution in [2.24, 2.45) is 7.05 Å². The molecule has 0 saturated heterocycles. The Hall–Kier alpha value is -2.88. The van der Waals surface area contributed by atoms with E-state index in [4.69, 9.17) is 0 Å². The van der Waals surface area contributed by atoms with Gasteiger partial charge in [0.25, 0.3) is 11.5 Å². The standard InChI is InChI=1S/C20H20N2O2/c1-13-7-6-9-17(14(13)2)19(23)21-12-16-11-15-8-4-5-10-18(15)22(3)20(16)24/h4-11H,12H2,1-3H3,(H,21,23). The molecule has 4 heteroatoms. The molecule has 0 spiro atoms. The molecule has 0 unspecified atom stereocenters. The second kappa shape index (κ2) is 6.32. The summed E-state index contributed by atoms with van der Waals surface area (Å²) in [5, 5.41) is 3.85. The monoisotopic (exact) mass is 320 g/mol. The number of pyridine rings is 1. The zero-order valence-electron chi connectivity index (χ0n) is 14.1. The fourth-order valence-electron chi connectivity index (χ4n) is 2.88. The van der Waals surface area contributed by atoms with Gasteiger partial charge in [0.2, 0.25) is 0 Å². The van der Waals surface area contributed by atoms with E-state index in [0.717, 1.165) is 22.0 Å². The van der Waals surface area contributed by atoms with Gasteiger partial charge in [-0.05, 0) is 48.6 Å². The van der Waals surface area contributed by atoms with Gasteiger partial charge in [-0.15, -0.1) is 0 Å². The largest absolute Gasteiger partial charge is 0.348 e. The summed E-state index contributed by atoms with van der Waals surface area (Å²) >= 11 is 0. The van der Waals surface area contributed by atoms with Crippen molar-refractivity contribution in [3.63, 3.8) is 0 Å². The van der Waals surface area contributed by atoms with Crippen LogP contribution in [0, 0.1) is 13.8 Å². The van der Waals surface area contributed by atoms with Crippen LogP contribution in [0.1, 0.15) is 27.0 Å². The average molecular weight is 320 g/mol. The fourth-order valence-corrected chi connectivity index (χ4v) is 2.88. The Kier molecular flexibility index (Phi) is 4.21. The van der Waals surface area contributed by atoms with Crippen molar-refractivity contribution >= 4 is 16.8 Å². The number of nitrogens with one attached hydrogen (secondary N) is 1. The second-order valence-corrected chi connectivity index (χ2v) is 6.02. The minimum Gasteiger partial charge on any atom is -0.348 e. The lowest BCUT2D eigenvalue weighted by atomic mass is 10.0. The molecule has 122 valence electrons. The Balaban J connectivity index is 1.88. The van der Waals surface area contributed by atoms with Crippen LogP contribution in [0.25, 0.3) is 10.9 Å². The molecule has 0 aliphatic heterocycles. The molecule has 1 heterocycles. The third-order valence-electron chi connectivity index (χ3n) is 4.50. The maximum atomic E-state index is 12.5. The van der Waals surface area contributed by atoms with Gasteiger partial charge >= 0.3 is 0 Å². The van der Waals surface area contributed by atoms with Crippen molar-refractivity contribution in [3.05, 3.63) is 81.1 Å². The van der Waals surface area contributed by atoms with E-state index in [2.05, 4.69) is 5.32 Å². The second-order valence-electron chi connectivity index (χ2n) is 6.02. The van der Waals surface area contributed by atoms with E-state index < -0.39 is 0 Å². The maximum absolute atomic E-state index is 12.5. The van der Waals surface area contributed by atoms with E-state index in [-0.39, 0.29) is 18.0 Å². The molecule has 0 saturated carbocycles. The molecular weight excluding hydrogens is 300 g/mol. The topological polar surface area (TPSA) is 51.1 Å². The van der Waals surface area contributed by atoms with E-state index in [9.17, 15) is 9.59 Å². The summed E-state index contributed by atoms with van der Waals surface area (Å²) in [5.74, 6) is -0.161. The normalized spacial score (nSPS) is 10.8. The highest BCUT2D eigenvalue weighted by Gasteiger charge is 2.12. The van der Waals surface area contributed by atoms with Crippen LogP contribution in [0.3, 0.4) is 0 Å². The Morgan fingerprint density at radius 2 is 1.83 bits per heavy atom. The summed E-state index contributed by atoms with van der Waals surface area (Å²) in [6.45, 7) is 4.12. The van der Waals surface area contributed by atoms with Gasteiger partial charge in [0, 0.05) is 24.7 Å². The minimum atomic E-state index is -0.161. The van der Waals surface area contributed by atoms with Crippen LogP contribution in [0.5, 0.6) is 0 Å². The van der Waals surface area contributed by atoms with Gasteiger partial charge in [0.1, 0.15) is 0 Å². The summed E-state index contributed by atoms with van der Waals surface area (Å²) < 4.78 is 1.62. The number of rotatable bonds is 3. The van der Waals surface area contributed by atoms with E-state index in [0.29, 0.717) is 11.1 Å². The maximum Gasteiger partial charge on any atom is 0.255 e. The van der Waals surface area contributed by atoms with Crippen molar-refractivity contribution in [2.75, 3.05) is 0 Å². The number of aryl methyl sites for hydroxylation is 2. The Morgan fingerprint density at radius 1 is 1.08 bits per heavy atom. The lowest BCUT2D eigenvalue weighted by Gasteiger charge is -2.11. The number of carbonyl (C=O) groups excluding carboxylic acids is 1. The fraction of sp³-hybridized carbons (Fsp3) is 0.200. The van der Waals surface area contributed by atoms with Crippen LogP contribution in [-0.2, 0) is 13.6 Å². The van der Waals surface area contributed by atoms with Crippen molar-refractivity contribution in [1.29, 1.82) is 0 Å². The van der Waals surface area contributed by atoms with Gasteiger partial charge in [-0.25, -0.2) is 0 Å². The van der Waals surface area contributed by atoms with Gasteiger partial charge in [-0.3, -0.25) is 9.59 Å². The number of benzene rings is 2. The number of para-hydroxylation sites is 1. The summed E-state index contributed by atoms with van der Waals surface area (Å²) in [6, 6.07) is 15.2. The lowest BCUT2D eigenvalue weighted by molar-refractivity contribution is 0.0950. The van der Waals surface area contributed by atoms with Gasteiger partial charge in [-0.1, -0.05) is 30.3 Å². The van der Waals surface area contributed by atoms with Gasteiger partial charge < -0.3 is 9.88 Å². The summed E-state index contributed by atoms with van der Waals surface area (Å²) in [7, 11) is 1.75. The van der Waals surface area contributed by atoms with Crippen LogP contribution in [0.15, 0.2) is 53.3 Å². The minimum absolute atomic E-state index is 0.0880. The molecule has 2 aromatic carbocycles. The molecule has 0 aliphatic rings. The number of hydrogen-bond donors (Lipinski definition) is 1. The molecule has 0 bridgehead atoms. The van der Waals surface area contributed by atoms with E-state index in [1.807, 2.05) is 56.3 Å². The van der Waals surface area contributed by atoms with Gasteiger partial charge in [-0.2, -0.15) is 0 Å². The summed E-state index contributed by atoms with van der Waals surface area (Å²) in [5.41, 5.74) is 4.05. The molecule has 0 atom stereocenters. The van der Waals surface area contributed by atoms with Crippen LogP contribution in [0.2, 0.25) is 0 Å². The Morgan fingerprint density at radius 3 is 2.62 bits per heavy atom. The molecule has 24 heavy (non-hydrogen) atoms. The molecule has 1 aromatic heterocycles. The van der Waals surface area contributed by atoms with Gasteiger partial charge in [0.05, 0.1) is 5.52 Å². The zero-order chi connectivity index (χ0) is 17.3. The van der Waals surface area contributed by atoms with E-state index in [1.165, 1.54) is 0 Å². The highest BCUT2D eigenvalue weighted by molar-refractivity contribution is 5.95. The van der Waals surface area contributed by atoms with E-state index in [1.54, 1.807) is 17.7 Å². The summed E-state index contributed by atoms with van der Waals surface area (Å²) in [6.07, 6.45) is 0. The van der Waals surface area contributed by atoms with E-state index >= 15 is 0 Å². The molecule has 1 N–H and O–H groups in total.